The van der Waals surface area contributed by atoms with E-state index in [2.05, 4.69) is 213 Å². The highest BCUT2D eigenvalue weighted by Gasteiger charge is 2.38. The molecule has 0 amide bonds. The van der Waals surface area contributed by atoms with Gasteiger partial charge >= 0.3 is 0 Å². The van der Waals surface area contributed by atoms with Crippen molar-refractivity contribution in [2.45, 2.75) is 24.8 Å². The molecule has 8 aromatic carbocycles. The molecule has 1 heterocycles. The molecule has 0 N–H and O–H groups in total. The summed E-state index contributed by atoms with van der Waals surface area (Å²) < 4.78 is 2.54. The van der Waals surface area contributed by atoms with Crippen LogP contribution in [-0.2, 0) is 11.0 Å². The number of benzene rings is 8. The van der Waals surface area contributed by atoms with Crippen molar-refractivity contribution in [1.82, 2.24) is 4.57 Å². The van der Waals surface area contributed by atoms with Crippen LogP contribution in [0.15, 0.2) is 195 Å². The summed E-state index contributed by atoms with van der Waals surface area (Å²) in [7, 11) is 0. The highest BCUT2D eigenvalue weighted by molar-refractivity contribution is 6.21. The number of rotatable bonds is 6. The second-order valence-electron chi connectivity index (χ2n) is 14.9. The van der Waals surface area contributed by atoms with Crippen molar-refractivity contribution in [3.63, 3.8) is 0 Å². The fourth-order valence-electron chi connectivity index (χ4n) is 9.34. The smallest absolute Gasteiger partial charge is 0.114 e. The Labute approximate surface area is 311 Å². The van der Waals surface area contributed by atoms with Gasteiger partial charge in [0.15, 0.2) is 0 Å². The van der Waals surface area contributed by atoms with Crippen molar-refractivity contribution in [2.75, 3.05) is 0 Å². The predicted molar refractivity (Wildman–Crippen MR) is 225 cm³/mol. The molecule has 1 aromatic heterocycles. The van der Waals surface area contributed by atoms with Crippen LogP contribution in [0.3, 0.4) is 0 Å². The lowest BCUT2D eigenvalue weighted by atomic mass is 9.82. The van der Waals surface area contributed by atoms with Crippen molar-refractivity contribution in [1.29, 1.82) is 0 Å². The number of fused-ring (bicyclic) bond motifs is 8. The highest BCUT2D eigenvalue weighted by atomic mass is 15.1. The van der Waals surface area contributed by atoms with Crippen molar-refractivity contribution in [3.8, 4) is 33.4 Å². The van der Waals surface area contributed by atoms with E-state index in [4.69, 9.17) is 0 Å². The molecule has 1 nitrogen and oxygen atoms in total. The molecule has 0 saturated heterocycles. The zero-order valence-electron chi connectivity index (χ0n) is 30.1. The average molecular weight is 678 g/mol. The Morgan fingerprint density at radius 1 is 0.491 bits per heavy atom. The number of allylic oxidation sites excluding steroid dienone is 1. The monoisotopic (exact) mass is 677 g/mol. The lowest BCUT2D eigenvalue weighted by Gasteiger charge is -2.35. The quantitative estimate of drug-likeness (QED) is 0.154. The van der Waals surface area contributed by atoms with E-state index < -0.39 is 5.54 Å². The second-order valence-corrected chi connectivity index (χ2v) is 14.9. The first-order chi connectivity index (χ1) is 26.0. The van der Waals surface area contributed by atoms with Gasteiger partial charge in [-0.1, -0.05) is 184 Å². The highest BCUT2D eigenvalue weighted by Crippen LogP contribution is 2.52. The molecule has 53 heavy (non-hydrogen) atoms. The van der Waals surface area contributed by atoms with Crippen LogP contribution < -0.4 is 0 Å². The maximum Gasteiger partial charge on any atom is 0.114 e. The van der Waals surface area contributed by atoms with Gasteiger partial charge in [-0.3, -0.25) is 0 Å². The van der Waals surface area contributed by atoms with Crippen LogP contribution >= 0.6 is 0 Å². The Hall–Kier alpha value is -6.44. The van der Waals surface area contributed by atoms with E-state index in [1.54, 1.807) is 0 Å². The SMILES string of the molecule is C=CC(c1ccccc1)(c1ccccc1)n1c2cc(-c3cccc(-c4cccc5c4-c4ccccc4C5(C)C)c3)ccc2c2c3ccccc3ccc21. The Bertz CT molecular complexity index is 2830. The standard InChI is InChI=1S/C52H39N/c1-4-52(39-20-7-5-8-21-39,40-22-9-6-10-23-40)53-47-32-30-35-17-11-12-24-41(35)50(47)44-31-29-37(34-48(44)53)36-18-15-19-38(33-36)42-26-16-28-46-49(42)43-25-13-14-27-45(43)51(46,2)3/h4-34H,1H2,2-3H3. The Morgan fingerprint density at radius 3 is 1.89 bits per heavy atom. The minimum absolute atomic E-state index is 0.0443. The average Bonchev–Trinajstić information content (AvgIpc) is 3.68. The molecule has 0 unspecified atom stereocenters. The van der Waals surface area contributed by atoms with Gasteiger partial charge in [0.05, 0.1) is 11.0 Å². The Kier molecular flexibility index (Phi) is 6.97. The lowest BCUT2D eigenvalue weighted by molar-refractivity contribution is 0.573. The van der Waals surface area contributed by atoms with Crippen LogP contribution in [0.2, 0.25) is 0 Å². The topological polar surface area (TPSA) is 4.93 Å². The number of hydrogen-bond acceptors (Lipinski definition) is 0. The van der Waals surface area contributed by atoms with E-state index in [0.717, 1.165) is 0 Å². The van der Waals surface area contributed by atoms with Gasteiger partial charge in [-0.15, -0.1) is 6.58 Å². The summed E-state index contributed by atoms with van der Waals surface area (Å²) in [5.74, 6) is 0. The molecular weight excluding hydrogens is 639 g/mol. The summed E-state index contributed by atoms with van der Waals surface area (Å²) in [5, 5.41) is 4.98. The third-order valence-corrected chi connectivity index (χ3v) is 11.8. The Morgan fingerprint density at radius 2 is 1.11 bits per heavy atom. The van der Waals surface area contributed by atoms with E-state index in [0.29, 0.717) is 0 Å². The second kappa shape index (κ2) is 11.8. The zero-order chi connectivity index (χ0) is 35.7. The van der Waals surface area contributed by atoms with E-state index in [1.807, 2.05) is 0 Å². The molecule has 252 valence electrons. The van der Waals surface area contributed by atoms with Gasteiger partial charge in [0.1, 0.15) is 5.54 Å². The van der Waals surface area contributed by atoms with Gasteiger partial charge in [-0.2, -0.15) is 0 Å². The summed E-state index contributed by atoms with van der Waals surface area (Å²) in [5.41, 5.74) is 14.3. The number of nitrogens with zero attached hydrogens (tertiary/aromatic N) is 1. The summed E-state index contributed by atoms with van der Waals surface area (Å²) >= 11 is 0. The largest absolute Gasteiger partial charge is 0.322 e. The number of aromatic nitrogens is 1. The van der Waals surface area contributed by atoms with Gasteiger partial charge in [0, 0.05) is 16.2 Å². The summed E-state index contributed by atoms with van der Waals surface area (Å²) in [6, 6.07) is 66.9. The summed E-state index contributed by atoms with van der Waals surface area (Å²) in [6.45, 7) is 9.28. The summed E-state index contributed by atoms with van der Waals surface area (Å²) in [6.07, 6.45) is 2.13. The van der Waals surface area contributed by atoms with Crippen molar-refractivity contribution >= 4 is 32.6 Å². The molecular formula is C52H39N. The molecule has 0 spiro atoms. The molecule has 10 rings (SSSR count). The predicted octanol–water partition coefficient (Wildman–Crippen LogP) is 13.6. The molecule has 0 bridgehead atoms. The first kappa shape index (κ1) is 31.3. The van der Waals surface area contributed by atoms with Crippen molar-refractivity contribution in [2.24, 2.45) is 0 Å². The third-order valence-electron chi connectivity index (χ3n) is 11.8. The van der Waals surface area contributed by atoms with Gasteiger partial charge in [-0.05, 0) is 84.6 Å². The minimum Gasteiger partial charge on any atom is -0.322 e. The number of hydrogen-bond donors (Lipinski definition) is 0. The zero-order valence-corrected chi connectivity index (χ0v) is 30.1. The van der Waals surface area contributed by atoms with Crippen molar-refractivity contribution in [3.05, 3.63) is 217 Å². The van der Waals surface area contributed by atoms with E-state index >= 15 is 0 Å². The fraction of sp³-hybridized carbons (Fsp3) is 0.0769. The summed E-state index contributed by atoms with van der Waals surface area (Å²) in [4.78, 5) is 0. The van der Waals surface area contributed by atoms with E-state index in [1.165, 1.54) is 88.2 Å². The molecule has 1 heteroatoms. The molecule has 0 fully saturated rings. The molecule has 9 aromatic rings. The minimum atomic E-state index is -0.670. The van der Waals surface area contributed by atoms with Gasteiger partial charge in [0.25, 0.3) is 0 Å². The maximum absolute atomic E-state index is 4.58. The normalized spacial score (nSPS) is 13.3. The lowest BCUT2D eigenvalue weighted by Crippen LogP contribution is -2.34. The van der Waals surface area contributed by atoms with Crippen LogP contribution in [0.25, 0.3) is 66.0 Å². The van der Waals surface area contributed by atoms with E-state index in [-0.39, 0.29) is 5.41 Å². The van der Waals surface area contributed by atoms with Crippen LogP contribution in [0.5, 0.6) is 0 Å². The van der Waals surface area contributed by atoms with Crippen LogP contribution in [0, 0.1) is 0 Å². The van der Waals surface area contributed by atoms with Crippen LogP contribution in [0.4, 0.5) is 0 Å². The maximum atomic E-state index is 4.58. The first-order valence-electron chi connectivity index (χ1n) is 18.6. The first-order valence-corrected chi connectivity index (χ1v) is 18.6. The van der Waals surface area contributed by atoms with Crippen molar-refractivity contribution < 1.29 is 0 Å². The molecule has 0 atom stereocenters. The van der Waals surface area contributed by atoms with E-state index in [9.17, 15) is 0 Å². The molecule has 1 aliphatic rings. The molecule has 0 aliphatic heterocycles. The van der Waals surface area contributed by atoms with Gasteiger partial charge in [0.2, 0.25) is 0 Å². The molecule has 0 radical (unpaired) electrons. The fourth-order valence-corrected chi connectivity index (χ4v) is 9.34. The van der Waals surface area contributed by atoms with Gasteiger partial charge < -0.3 is 4.57 Å². The van der Waals surface area contributed by atoms with Crippen LogP contribution in [-0.4, -0.2) is 4.57 Å². The van der Waals surface area contributed by atoms with Gasteiger partial charge in [-0.25, -0.2) is 0 Å². The Balaban J connectivity index is 1.25. The molecule has 1 aliphatic carbocycles. The molecule has 0 saturated carbocycles. The van der Waals surface area contributed by atoms with Crippen LogP contribution in [0.1, 0.15) is 36.1 Å². The third kappa shape index (κ3) is 4.50.